The van der Waals surface area contributed by atoms with Gasteiger partial charge in [-0.1, -0.05) is 18.5 Å². The molecule has 0 aliphatic carbocycles. The number of hydrogen-bond acceptors (Lipinski definition) is 6. The van der Waals surface area contributed by atoms with Crippen LogP contribution in [0, 0.1) is 5.92 Å². The highest BCUT2D eigenvalue weighted by Crippen LogP contribution is 2.42. The second kappa shape index (κ2) is 10.9. The average Bonchev–Trinajstić information content (AvgIpc) is 3.45. The number of fused-ring (bicyclic) bond motifs is 1. The summed E-state index contributed by atoms with van der Waals surface area (Å²) < 4.78 is 12.9. The smallest absolute Gasteiger partial charge is 0.206 e. The van der Waals surface area contributed by atoms with Gasteiger partial charge in [-0.2, -0.15) is 0 Å². The van der Waals surface area contributed by atoms with Gasteiger partial charge in [0.2, 0.25) is 5.78 Å². The highest BCUT2D eigenvalue weighted by molar-refractivity contribution is 7.21. The summed E-state index contributed by atoms with van der Waals surface area (Å²) in [5.41, 5.74) is 0.521. The Balaban J connectivity index is 1.30. The van der Waals surface area contributed by atoms with E-state index in [9.17, 15) is 9.90 Å². The molecule has 0 bridgehead atoms. The number of carbonyl (C=O) groups excluding carboxylic acids is 1. The fourth-order valence-corrected chi connectivity index (χ4v) is 5.73. The molecule has 3 aromatic carbocycles. The van der Waals surface area contributed by atoms with Crippen molar-refractivity contribution in [1.29, 1.82) is 0 Å². The summed E-state index contributed by atoms with van der Waals surface area (Å²) >= 11 is 7.29. The van der Waals surface area contributed by atoms with Crippen LogP contribution in [0.15, 0.2) is 66.7 Å². The molecule has 2 heterocycles. The average molecular weight is 522 g/mol. The van der Waals surface area contributed by atoms with Gasteiger partial charge in [0.05, 0.1) is 6.61 Å². The number of thiophene rings is 1. The fourth-order valence-electron chi connectivity index (χ4n) is 4.47. The van der Waals surface area contributed by atoms with Crippen molar-refractivity contribution >= 4 is 38.8 Å². The first-order chi connectivity index (χ1) is 17.5. The molecule has 5 nitrogen and oxygen atoms in total. The van der Waals surface area contributed by atoms with Crippen LogP contribution in [0.1, 0.15) is 35.0 Å². The normalized spacial score (nSPS) is 15.9. The minimum atomic E-state index is -0.158. The van der Waals surface area contributed by atoms with Crippen molar-refractivity contribution in [2.75, 3.05) is 26.2 Å². The van der Waals surface area contributed by atoms with E-state index in [1.807, 2.05) is 24.3 Å². The number of benzene rings is 3. The maximum absolute atomic E-state index is 13.3. The molecule has 7 heteroatoms. The van der Waals surface area contributed by atoms with E-state index in [4.69, 9.17) is 21.1 Å². The lowest BCUT2D eigenvalue weighted by Crippen LogP contribution is -2.22. The van der Waals surface area contributed by atoms with E-state index in [-0.39, 0.29) is 11.5 Å². The summed E-state index contributed by atoms with van der Waals surface area (Å²) in [5, 5.41) is 11.3. The molecule has 0 radical (unpaired) electrons. The lowest BCUT2D eigenvalue weighted by atomic mass is 10.1. The van der Waals surface area contributed by atoms with Gasteiger partial charge >= 0.3 is 0 Å². The number of aromatic hydroxyl groups is 1. The zero-order valence-corrected chi connectivity index (χ0v) is 21.6. The standard InChI is InChI=1S/C29H28ClNO4S/c1-19-13-15-31(18-19)14-2-16-34-23-8-10-24(11-9-23)35-28-25-12-7-22(32)17-26(25)36-29(28)27(33)20-3-5-21(30)6-4-20/h3-12,17,19,32H,2,13-16,18H2,1H3/t19-/m1/s1. The molecular formula is C29H28ClNO4S. The van der Waals surface area contributed by atoms with Gasteiger partial charge < -0.3 is 19.5 Å². The van der Waals surface area contributed by atoms with Gasteiger partial charge in [0.25, 0.3) is 0 Å². The second-order valence-corrected chi connectivity index (χ2v) is 10.7. The van der Waals surface area contributed by atoms with Gasteiger partial charge in [0, 0.05) is 33.8 Å². The van der Waals surface area contributed by atoms with E-state index in [0.29, 0.717) is 33.6 Å². The number of halogens is 1. The predicted molar refractivity (Wildman–Crippen MR) is 145 cm³/mol. The van der Waals surface area contributed by atoms with Crippen molar-refractivity contribution in [3.05, 3.63) is 82.2 Å². The Bertz CT molecular complexity index is 1350. The first-order valence-electron chi connectivity index (χ1n) is 12.1. The molecule has 0 unspecified atom stereocenters. The second-order valence-electron chi connectivity index (χ2n) is 9.25. The van der Waals surface area contributed by atoms with Gasteiger partial charge in [-0.3, -0.25) is 4.79 Å². The summed E-state index contributed by atoms with van der Waals surface area (Å²) in [7, 11) is 0. The van der Waals surface area contributed by atoms with E-state index < -0.39 is 0 Å². The number of likely N-dealkylation sites (tertiary alicyclic amines) is 1. The molecule has 0 spiro atoms. The van der Waals surface area contributed by atoms with Crippen molar-refractivity contribution in [2.45, 2.75) is 19.8 Å². The van der Waals surface area contributed by atoms with Crippen LogP contribution in [-0.4, -0.2) is 42.0 Å². The molecule has 1 N–H and O–H groups in total. The maximum Gasteiger partial charge on any atom is 0.206 e. The largest absolute Gasteiger partial charge is 0.508 e. The Morgan fingerprint density at radius 3 is 2.56 bits per heavy atom. The van der Waals surface area contributed by atoms with Gasteiger partial charge in [-0.15, -0.1) is 11.3 Å². The first kappa shape index (κ1) is 24.6. The lowest BCUT2D eigenvalue weighted by molar-refractivity contribution is 0.104. The third-order valence-corrected chi connectivity index (χ3v) is 7.76. The third-order valence-electron chi connectivity index (χ3n) is 6.38. The van der Waals surface area contributed by atoms with Crippen molar-refractivity contribution in [2.24, 2.45) is 5.92 Å². The van der Waals surface area contributed by atoms with Crippen LogP contribution in [-0.2, 0) is 0 Å². The topological polar surface area (TPSA) is 59.0 Å². The van der Waals surface area contributed by atoms with Crippen molar-refractivity contribution in [3.63, 3.8) is 0 Å². The molecule has 0 amide bonds. The summed E-state index contributed by atoms with van der Waals surface area (Å²) in [6.07, 6.45) is 2.28. The van der Waals surface area contributed by atoms with Crippen LogP contribution in [0.3, 0.4) is 0 Å². The van der Waals surface area contributed by atoms with Gasteiger partial charge in [0.1, 0.15) is 22.1 Å². The number of rotatable bonds is 9. The van der Waals surface area contributed by atoms with E-state index in [1.165, 1.54) is 30.8 Å². The summed E-state index contributed by atoms with van der Waals surface area (Å²) in [4.78, 5) is 16.3. The molecule has 4 aromatic rings. The SMILES string of the molecule is C[C@@H]1CCN(CCCOc2ccc(Oc3c(C(=O)c4ccc(Cl)cc4)sc4cc(O)ccc34)cc2)C1. The third kappa shape index (κ3) is 5.67. The van der Waals surface area contributed by atoms with Crippen molar-refractivity contribution < 1.29 is 19.4 Å². The fraction of sp³-hybridized carbons (Fsp3) is 0.276. The quantitative estimate of drug-likeness (QED) is 0.184. The Morgan fingerprint density at radius 2 is 1.83 bits per heavy atom. The van der Waals surface area contributed by atoms with Crippen LogP contribution < -0.4 is 9.47 Å². The number of phenolic OH excluding ortho intramolecular Hbond substituents is 1. The monoisotopic (exact) mass is 521 g/mol. The number of hydrogen-bond donors (Lipinski definition) is 1. The molecule has 36 heavy (non-hydrogen) atoms. The van der Waals surface area contributed by atoms with Gasteiger partial charge in [0.15, 0.2) is 5.75 Å². The van der Waals surface area contributed by atoms with E-state index in [1.54, 1.807) is 42.5 Å². The molecule has 1 saturated heterocycles. The Hall–Kier alpha value is -3.06. The Labute approximate surface area is 219 Å². The van der Waals surface area contributed by atoms with Crippen LogP contribution >= 0.6 is 22.9 Å². The number of carbonyl (C=O) groups is 1. The molecule has 1 fully saturated rings. The molecular weight excluding hydrogens is 494 g/mol. The van der Waals surface area contributed by atoms with Crippen molar-refractivity contribution in [3.8, 4) is 23.0 Å². The van der Waals surface area contributed by atoms with Crippen LogP contribution in [0.25, 0.3) is 10.1 Å². The Morgan fingerprint density at radius 1 is 1.08 bits per heavy atom. The minimum absolute atomic E-state index is 0.140. The Kier molecular flexibility index (Phi) is 7.46. The number of ketones is 1. The molecule has 186 valence electrons. The number of phenols is 1. The maximum atomic E-state index is 13.3. The highest BCUT2D eigenvalue weighted by Gasteiger charge is 2.22. The molecule has 1 aliphatic heterocycles. The predicted octanol–water partition coefficient (Wildman–Crippen LogP) is 7.39. The van der Waals surface area contributed by atoms with Crippen LogP contribution in [0.5, 0.6) is 23.0 Å². The molecule has 1 atom stereocenters. The lowest BCUT2D eigenvalue weighted by Gasteiger charge is -2.15. The van der Waals surface area contributed by atoms with Crippen LogP contribution in [0.2, 0.25) is 5.02 Å². The summed E-state index contributed by atoms with van der Waals surface area (Å²) in [6.45, 7) is 6.41. The number of nitrogens with zero attached hydrogens (tertiary/aromatic N) is 1. The minimum Gasteiger partial charge on any atom is -0.508 e. The molecule has 1 aromatic heterocycles. The first-order valence-corrected chi connectivity index (χ1v) is 13.3. The summed E-state index contributed by atoms with van der Waals surface area (Å²) in [6, 6.07) is 19.3. The molecule has 5 rings (SSSR count). The van der Waals surface area contributed by atoms with E-state index in [0.717, 1.165) is 34.7 Å². The zero-order valence-electron chi connectivity index (χ0n) is 20.1. The molecule has 1 aliphatic rings. The number of ether oxygens (including phenoxy) is 2. The zero-order chi connectivity index (χ0) is 25.1. The van der Waals surface area contributed by atoms with Gasteiger partial charge in [-0.25, -0.2) is 0 Å². The van der Waals surface area contributed by atoms with E-state index in [2.05, 4.69) is 11.8 Å². The van der Waals surface area contributed by atoms with Crippen molar-refractivity contribution in [1.82, 2.24) is 4.90 Å². The van der Waals surface area contributed by atoms with Crippen LogP contribution in [0.4, 0.5) is 0 Å². The highest BCUT2D eigenvalue weighted by atomic mass is 35.5. The molecule has 0 saturated carbocycles. The summed E-state index contributed by atoms with van der Waals surface area (Å²) in [5.74, 6) is 2.65. The van der Waals surface area contributed by atoms with E-state index >= 15 is 0 Å². The van der Waals surface area contributed by atoms with Gasteiger partial charge in [-0.05, 0) is 92.0 Å².